The van der Waals surface area contributed by atoms with Gasteiger partial charge in [-0.2, -0.15) is 0 Å². The van der Waals surface area contributed by atoms with Gasteiger partial charge in [-0.3, -0.25) is 19.5 Å². The summed E-state index contributed by atoms with van der Waals surface area (Å²) in [5, 5.41) is 23.5. The molecule has 0 radical (unpaired) electrons. The molecule has 1 aromatic heterocycles. The minimum atomic E-state index is -0.569. The monoisotopic (exact) mass is 531 g/mol. The average Bonchev–Trinajstić information content (AvgIpc) is 3.24. The normalized spacial score (nSPS) is 10.8. The third-order valence-corrected chi connectivity index (χ3v) is 6.40. The average molecular weight is 532 g/mol. The fraction of sp³-hybridized carbons (Fsp3) is 0.0870. The van der Waals surface area contributed by atoms with Crippen molar-refractivity contribution in [2.24, 2.45) is 0 Å². The highest BCUT2D eigenvalue weighted by Crippen LogP contribution is 2.30. The number of aromatic nitrogens is 3. The van der Waals surface area contributed by atoms with Gasteiger partial charge in [0.25, 0.3) is 11.6 Å². The van der Waals surface area contributed by atoms with E-state index in [4.69, 9.17) is 23.2 Å². The van der Waals surface area contributed by atoms with E-state index < -0.39 is 10.8 Å². The Morgan fingerprint density at radius 3 is 2.57 bits per heavy atom. The van der Waals surface area contributed by atoms with Gasteiger partial charge in [0.05, 0.1) is 22.2 Å². The van der Waals surface area contributed by atoms with Crippen LogP contribution in [0.15, 0.2) is 71.9 Å². The summed E-state index contributed by atoms with van der Waals surface area (Å²) >= 11 is 13.9. The predicted molar refractivity (Wildman–Crippen MR) is 132 cm³/mol. The molecule has 1 amide bonds. The van der Waals surface area contributed by atoms with Crippen LogP contribution in [-0.4, -0.2) is 25.6 Å². The van der Waals surface area contributed by atoms with Gasteiger partial charge in [-0.1, -0.05) is 53.2 Å². The maximum atomic E-state index is 13.2. The van der Waals surface area contributed by atoms with E-state index in [0.717, 1.165) is 5.56 Å². The number of carbonyl (C=O) groups is 1. The van der Waals surface area contributed by atoms with Crippen LogP contribution in [0.3, 0.4) is 0 Å². The van der Waals surface area contributed by atoms with Crippen LogP contribution in [0, 0.1) is 15.9 Å². The van der Waals surface area contributed by atoms with Crippen molar-refractivity contribution in [2.75, 3.05) is 0 Å². The fourth-order valence-corrected chi connectivity index (χ4v) is 4.58. The molecule has 8 nitrogen and oxygen atoms in total. The van der Waals surface area contributed by atoms with Crippen molar-refractivity contribution < 1.29 is 14.1 Å². The number of nitro groups is 1. The molecular weight excluding hydrogens is 516 g/mol. The summed E-state index contributed by atoms with van der Waals surface area (Å²) in [4.78, 5) is 23.1. The molecule has 1 heterocycles. The second-order valence-electron chi connectivity index (χ2n) is 7.24. The van der Waals surface area contributed by atoms with Crippen LogP contribution in [0.5, 0.6) is 0 Å². The lowest BCUT2D eigenvalue weighted by Gasteiger charge is -2.13. The summed E-state index contributed by atoms with van der Waals surface area (Å²) in [7, 11) is 0. The first-order valence-electron chi connectivity index (χ1n) is 10.1. The van der Waals surface area contributed by atoms with Gasteiger partial charge in [0.1, 0.15) is 5.82 Å². The Kier molecular flexibility index (Phi) is 7.64. The van der Waals surface area contributed by atoms with Crippen LogP contribution in [0.2, 0.25) is 10.0 Å². The number of hydrogen-bond donors (Lipinski definition) is 1. The molecule has 0 saturated carbocycles. The second kappa shape index (κ2) is 10.9. The first-order valence-corrected chi connectivity index (χ1v) is 11.9. The van der Waals surface area contributed by atoms with Gasteiger partial charge in [-0.05, 0) is 42.0 Å². The van der Waals surface area contributed by atoms with Gasteiger partial charge in [0.15, 0.2) is 11.0 Å². The highest BCUT2D eigenvalue weighted by molar-refractivity contribution is 7.98. The van der Waals surface area contributed by atoms with Crippen molar-refractivity contribution in [2.45, 2.75) is 17.5 Å². The molecule has 3 aromatic carbocycles. The van der Waals surface area contributed by atoms with Crippen molar-refractivity contribution in [1.82, 2.24) is 20.1 Å². The van der Waals surface area contributed by atoms with Crippen molar-refractivity contribution in [3.05, 3.63) is 110 Å². The van der Waals surface area contributed by atoms with E-state index in [-0.39, 0.29) is 23.6 Å². The lowest BCUT2D eigenvalue weighted by Crippen LogP contribution is -2.24. The molecule has 4 rings (SSSR count). The van der Waals surface area contributed by atoms with Crippen molar-refractivity contribution >= 4 is 46.6 Å². The molecule has 0 spiro atoms. The summed E-state index contributed by atoms with van der Waals surface area (Å²) < 4.78 is 14.9. The molecule has 0 fully saturated rings. The Hall–Kier alpha value is -3.47. The Labute approximate surface area is 213 Å². The largest absolute Gasteiger partial charge is 0.345 e. The first kappa shape index (κ1) is 24.6. The minimum Gasteiger partial charge on any atom is -0.345 e. The number of halogens is 3. The maximum absolute atomic E-state index is 13.2. The summed E-state index contributed by atoms with van der Waals surface area (Å²) in [5.41, 5.74) is 1.39. The maximum Gasteiger partial charge on any atom is 0.270 e. The lowest BCUT2D eigenvalue weighted by molar-refractivity contribution is -0.384. The van der Waals surface area contributed by atoms with Crippen LogP contribution < -0.4 is 5.32 Å². The van der Waals surface area contributed by atoms with Crippen LogP contribution >= 0.6 is 35.0 Å². The van der Waals surface area contributed by atoms with Gasteiger partial charge < -0.3 is 5.32 Å². The molecule has 0 aliphatic heterocycles. The van der Waals surface area contributed by atoms with Gasteiger partial charge in [0.2, 0.25) is 0 Å². The summed E-state index contributed by atoms with van der Waals surface area (Å²) in [6.45, 7) is -0.0232. The number of nitro benzene ring substituents is 1. The topological polar surface area (TPSA) is 103 Å². The van der Waals surface area contributed by atoms with Crippen molar-refractivity contribution in [3.8, 4) is 5.69 Å². The van der Waals surface area contributed by atoms with E-state index in [1.54, 1.807) is 34.9 Å². The van der Waals surface area contributed by atoms with Crippen molar-refractivity contribution in [3.63, 3.8) is 0 Å². The van der Waals surface area contributed by atoms with E-state index in [9.17, 15) is 19.3 Å². The van der Waals surface area contributed by atoms with Gasteiger partial charge in [-0.15, -0.1) is 10.2 Å². The van der Waals surface area contributed by atoms with Gasteiger partial charge in [0, 0.05) is 28.5 Å². The second-order valence-corrected chi connectivity index (χ2v) is 9.02. The number of non-ortho nitro benzene ring substituents is 1. The zero-order chi connectivity index (χ0) is 24.9. The number of carbonyl (C=O) groups excluding carboxylic acids is 1. The SMILES string of the molecule is O=C(NCc1nnc(SCc2ccc(F)cc2)n1-c1ccc(Cl)cc1Cl)c1cccc([N+](=O)[O-])c1. The van der Waals surface area contributed by atoms with E-state index >= 15 is 0 Å². The third-order valence-electron chi connectivity index (χ3n) is 4.86. The minimum absolute atomic E-state index is 0.0232. The standard InChI is InChI=1S/C23H16Cl2FN5O3S/c24-16-6-9-20(19(25)11-16)30-21(12-27-22(32)15-2-1-3-18(10-15)31(33)34)28-29-23(30)35-13-14-4-7-17(26)8-5-14/h1-11H,12-13H2,(H,27,32). The molecule has 35 heavy (non-hydrogen) atoms. The predicted octanol–water partition coefficient (Wildman–Crippen LogP) is 5.84. The summed E-state index contributed by atoms with van der Waals surface area (Å²) in [5.74, 6) is 0.0427. The number of hydrogen-bond acceptors (Lipinski definition) is 6. The summed E-state index contributed by atoms with van der Waals surface area (Å²) in [6, 6.07) is 16.5. The molecule has 0 unspecified atom stereocenters. The quantitative estimate of drug-likeness (QED) is 0.174. The molecule has 1 N–H and O–H groups in total. The Balaban J connectivity index is 1.59. The number of nitrogens with one attached hydrogen (secondary N) is 1. The van der Waals surface area contributed by atoms with Crippen LogP contribution in [0.1, 0.15) is 21.7 Å². The number of nitrogens with zero attached hydrogens (tertiary/aromatic N) is 4. The van der Waals surface area contributed by atoms with Crippen molar-refractivity contribution in [1.29, 1.82) is 0 Å². The molecule has 0 atom stereocenters. The van der Waals surface area contributed by atoms with E-state index in [1.165, 1.54) is 48.2 Å². The lowest BCUT2D eigenvalue weighted by atomic mass is 10.2. The Morgan fingerprint density at radius 1 is 1.09 bits per heavy atom. The smallest absolute Gasteiger partial charge is 0.270 e. The molecule has 0 aliphatic carbocycles. The molecule has 0 aliphatic rings. The van der Waals surface area contributed by atoms with Crippen LogP contribution in [0.25, 0.3) is 5.69 Å². The third kappa shape index (κ3) is 5.97. The zero-order valence-electron chi connectivity index (χ0n) is 17.8. The number of amides is 1. The van der Waals surface area contributed by atoms with Crippen LogP contribution in [0.4, 0.5) is 10.1 Å². The molecule has 178 valence electrons. The van der Waals surface area contributed by atoms with E-state index in [2.05, 4.69) is 15.5 Å². The molecule has 12 heteroatoms. The molecule has 4 aromatic rings. The number of rotatable bonds is 8. The first-order chi connectivity index (χ1) is 16.8. The number of benzene rings is 3. The Morgan fingerprint density at radius 2 is 1.86 bits per heavy atom. The fourth-order valence-electron chi connectivity index (χ4n) is 3.16. The molecular formula is C23H16Cl2FN5O3S. The Bertz CT molecular complexity index is 1400. The van der Waals surface area contributed by atoms with Crippen LogP contribution in [-0.2, 0) is 12.3 Å². The highest BCUT2D eigenvalue weighted by atomic mass is 35.5. The van der Waals surface area contributed by atoms with Gasteiger partial charge >= 0.3 is 0 Å². The zero-order valence-corrected chi connectivity index (χ0v) is 20.1. The molecule has 0 saturated heterocycles. The molecule has 0 bridgehead atoms. The summed E-state index contributed by atoms with van der Waals surface area (Å²) in [6.07, 6.45) is 0. The number of thioether (sulfide) groups is 1. The van der Waals surface area contributed by atoms with Gasteiger partial charge in [-0.25, -0.2) is 4.39 Å². The highest BCUT2D eigenvalue weighted by Gasteiger charge is 2.19. The van der Waals surface area contributed by atoms with E-state index in [1.807, 2.05) is 0 Å². The van der Waals surface area contributed by atoms with E-state index in [0.29, 0.717) is 32.5 Å².